The van der Waals surface area contributed by atoms with Crippen molar-refractivity contribution in [2.24, 2.45) is 0 Å². The summed E-state index contributed by atoms with van der Waals surface area (Å²) < 4.78 is 9.82. The van der Waals surface area contributed by atoms with Gasteiger partial charge in [-0.1, -0.05) is 0 Å². The van der Waals surface area contributed by atoms with Crippen molar-refractivity contribution in [1.82, 2.24) is 0 Å². The summed E-state index contributed by atoms with van der Waals surface area (Å²) in [5.74, 6) is -0.916. The van der Waals surface area contributed by atoms with Crippen LogP contribution in [0.15, 0.2) is 21.3 Å². The Morgan fingerprint density at radius 1 is 1.47 bits per heavy atom. The van der Waals surface area contributed by atoms with Gasteiger partial charge in [0.2, 0.25) is 0 Å². The first kappa shape index (κ1) is 12.9. The molecule has 100 valence electrons. The van der Waals surface area contributed by atoms with Gasteiger partial charge in [0.05, 0.1) is 12.3 Å². The van der Waals surface area contributed by atoms with Crippen LogP contribution in [-0.2, 0) is 4.74 Å². The van der Waals surface area contributed by atoms with Gasteiger partial charge in [0.25, 0.3) is 0 Å². The molecule has 2 aromatic rings. The molecule has 0 unspecified atom stereocenters. The topological polar surface area (TPSA) is 103 Å². The Balaban J connectivity index is 2.78. The minimum atomic E-state index is -0.798. The molecule has 0 aliphatic rings. The smallest absolute Gasteiger partial charge is 0.351 e. The van der Waals surface area contributed by atoms with Gasteiger partial charge in [-0.25, -0.2) is 9.59 Å². The van der Waals surface area contributed by atoms with Crippen molar-refractivity contribution in [3.8, 4) is 5.75 Å². The highest BCUT2D eigenvalue weighted by atomic mass is 16.5. The number of carbonyl (C=O) groups is 1. The van der Waals surface area contributed by atoms with Gasteiger partial charge in [0.15, 0.2) is 0 Å². The fourth-order valence-electron chi connectivity index (χ4n) is 1.84. The minimum Gasteiger partial charge on any atom is -0.506 e. The van der Waals surface area contributed by atoms with E-state index in [0.29, 0.717) is 10.9 Å². The van der Waals surface area contributed by atoms with E-state index in [2.05, 4.69) is 0 Å². The van der Waals surface area contributed by atoms with E-state index in [1.807, 2.05) is 0 Å². The Hall–Kier alpha value is -2.50. The third-order valence-electron chi connectivity index (χ3n) is 2.79. The Kier molecular flexibility index (Phi) is 3.16. The second-order valence-electron chi connectivity index (χ2n) is 4.02. The molecule has 0 radical (unpaired) electrons. The summed E-state index contributed by atoms with van der Waals surface area (Å²) in [6, 6.07) is 2.69. The van der Waals surface area contributed by atoms with E-state index in [1.165, 1.54) is 12.1 Å². The molecule has 1 aromatic heterocycles. The number of benzene rings is 1. The predicted octanol–water partition coefficient (Wildman–Crippen LogP) is 1.57. The summed E-state index contributed by atoms with van der Waals surface area (Å²) in [6.45, 7) is 3.40. The first-order valence-corrected chi connectivity index (χ1v) is 5.68. The number of rotatable bonds is 2. The maximum atomic E-state index is 11.8. The normalized spacial score (nSPS) is 10.6. The molecule has 0 spiro atoms. The van der Waals surface area contributed by atoms with Crippen molar-refractivity contribution in [3.05, 3.63) is 33.7 Å². The third-order valence-corrected chi connectivity index (χ3v) is 2.79. The molecule has 0 aliphatic carbocycles. The lowest BCUT2D eigenvalue weighted by atomic mass is 10.1. The van der Waals surface area contributed by atoms with E-state index >= 15 is 0 Å². The average molecular weight is 263 g/mol. The molecule has 0 bridgehead atoms. The van der Waals surface area contributed by atoms with Crippen molar-refractivity contribution >= 4 is 22.6 Å². The van der Waals surface area contributed by atoms with Crippen LogP contribution in [-0.4, -0.2) is 17.7 Å². The van der Waals surface area contributed by atoms with Crippen LogP contribution in [0, 0.1) is 6.92 Å². The largest absolute Gasteiger partial charge is 0.506 e. The van der Waals surface area contributed by atoms with Gasteiger partial charge < -0.3 is 20.0 Å². The zero-order valence-electron chi connectivity index (χ0n) is 10.5. The number of phenols is 1. The molecule has 1 heterocycles. The number of hydrogen-bond acceptors (Lipinski definition) is 6. The van der Waals surface area contributed by atoms with Crippen LogP contribution in [0.1, 0.15) is 22.8 Å². The van der Waals surface area contributed by atoms with Crippen molar-refractivity contribution in [3.63, 3.8) is 0 Å². The predicted molar refractivity (Wildman–Crippen MR) is 69.3 cm³/mol. The number of anilines is 1. The highest BCUT2D eigenvalue weighted by molar-refractivity contribution is 5.97. The molecule has 0 atom stereocenters. The van der Waals surface area contributed by atoms with E-state index < -0.39 is 11.6 Å². The molecular formula is C13H13NO5. The third kappa shape index (κ3) is 2.12. The van der Waals surface area contributed by atoms with E-state index in [4.69, 9.17) is 14.9 Å². The maximum absolute atomic E-state index is 11.8. The minimum absolute atomic E-state index is 0.138. The summed E-state index contributed by atoms with van der Waals surface area (Å²) in [4.78, 5) is 23.5. The monoisotopic (exact) mass is 263 g/mol. The number of hydrogen-bond donors (Lipinski definition) is 2. The van der Waals surface area contributed by atoms with Crippen LogP contribution in [0.3, 0.4) is 0 Å². The van der Waals surface area contributed by atoms with Gasteiger partial charge in [-0.15, -0.1) is 0 Å². The molecule has 3 N–H and O–H groups in total. The molecular weight excluding hydrogens is 250 g/mol. The van der Waals surface area contributed by atoms with Crippen molar-refractivity contribution < 1.29 is 19.1 Å². The number of carbonyl (C=O) groups excluding carboxylic acids is 1. The number of nitrogens with two attached hydrogens (primary N) is 1. The first-order chi connectivity index (χ1) is 8.95. The Labute approximate surface area is 108 Å². The van der Waals surface area contributed by atoms with Crippen molar-refractivity contribution in [1.29, 1.82) is 0 Å². The number of ether oxygens (including phenoxy) is 1. The van der Waals surface area contributed by atoms with Gasteiger partial charge in [0.1, 0.15) is 16.9 Å². The van der Waals surface area contributed by atoms with Gasteiger partial charge in [-0.2, -0.15) is 0 Å². The molecule has 0 saturated heterocycles. The number of aryl methyl sites for hydroxylation is 1. The van der Waals surface area contributed by atoms with Crippen LogP contribution in [0.5, 0.6) is 5.75 Å². The number of esters is 1. The molecule has 0 aliphatic heterocycles. The number of fused-ring (bicyclic) bond motifs is 1. The Morgan fingerprint density at radius 2 is 2.16 bits per heavy atom. The Morgan fingerprint density at radius 3 is 2.79 bits per heavy atom. The van der Waals surface area contributed by atoms with Crippen LogP contribution >= 0.6 is 0 Å². The van der Waals surface area contributed by atoms with Crippen molar-refractivity contribution in [2.45, 2.75) is 13.8 Å². The van der Waals surface area contributed by atoms with Crippen LogP contribution in [0.25, 0.3) is 11.0 Å². The number of nitrogen functional groups attached to an aromatic ring is 1. The lowest BCUT2D eigenvalue weighted by molar-refractivity contribution is 0.0521. The zero-order chi connectivity index (χ0) is 14.2. The summed E-state index contributed by atoms with van der Waals surface area (Å²) in [6.07, 6.45) is 0. The quantitative estimate of drug-likeness (QED) is 0.369. The average Bonchev–Trinajstić information content (AvgIpc) is 2.32. The summed E-state index contributed by atoms with van der Waals surface area (Å²) in [5.41, 5.74) is 5.36. The number of aromatic hydroxyl groups is 1. The van der Waals surface area contributed by atoms with Gasteiger partial charge in [-0.3, -0.25) is 0 Å². The molecule has 1 aromatic carbocycles. The molecule has 0 fully saturated rings. The standard InChI is InChI=1S/C13H13NO5/c1-3-18-12(16)11-6(2)7-4-8(14)9(15)5-10(7)19-13(11)17/h4-5,15H,3,14H2,1-2H3. The summed E-state index contributed by atoms with van der Waals surface area (Å²) in [7, 11) is 0. The van der Waals surface area contributed by atoms with E-state index in [0.717, 1.165) is 0 Å². The molecule has 6 nitrogen and oxygen atoms in total. The van der Waals surface area contributed by atoms with E-state index in [-0.39, 0.29) is 29.2 Å². The van der Waals surface area contributed by atoms with E-state index in [9.17, 15) is 14.7 Å². The zero-order valence-corrected chi connectivity index (χ0v) is 10.5. The second-order valence-corrected chi connectivity index (χ2v) is 4.02. The first-order valence-electron chi connectivity index (χ1n) is 5.68. The van der Waals surface area contributed by atoms with Gasteiger partial charge in [0, 0.05) is 11.5 Å². The Bertz CT molecular complexity index is 717. The molecule has 0 amide bonds. The fourth-order valence-corrected chi connectivity index (χ4v) is 1.84. The highest BCUT2D eigenvalue weighted by Crippen LogP contribution is 2.29. The lowest BCUT2D eigenvalue weighted by Gasteiger charge is -2.08. The summed E-state index contributed by atoms with van der Waals surface area (Å²) >= 11 is 0. The SMILES string of the molecule is CCOC(=O)c1c(C)c2cc(N)c(O)cc2oc1=O. The summed E-state index contributed by atoms with van der Waals surface area (Å²) in [5, 5.41) is 9.97. The maximum Gasteiger partial charge on any atom is 0.351 e. The molecule has 0 saturated carbocycles. The molecule has 6 heteroatoms. The fraction of sp³-hybridized carbons (Fsp3) is 0.231. The van der Waals surface area contributed by atoms with Crippen LogP contribution < -0.4 is 11.4 Å². The van der Waals surface area contributed by atoms with E-state index in [1.54, 1.807) is 13.8 Å². The van der Waals surface area contributed by atoms with Gasteiger partial charge in [-0.05, 0) is 25.5 Å². The van der Waals surface area contributed by atoms with Gasteiger partial charge >= 0.3 is 11.6 Å². The molecule has 2 rings (SSSR count). The van der Waals surface area contributed by atoms with Crippen molar-refractivity contribution in [2.75, 3.05) is 12.3 Å². The number of phenolic OH excluding ortho intramolecular Hbond substituents is 1. The highest BCUT2D eigenvalue weighted by Gasteiger charge is 2.20. The lowest BCUT2D eigenvalue weighted by Crippen LogP contribution is -2.18. The van der Waals surface area contributed by atoms with Crippen LogP contribution in [0.2, 0.25) is 0 Å². The van der Waals surface area contributed by atoms with Crippen LogP contribution in [0.4, 0.5) is 5.69 Å². The molecule has 19 heavy (non-hydrogen) atoms. The second kappa shape index (κ2) is 4.64.